The Labute approximate surface area is 114 Å². The third-order valence-electron chi connectivity index (χ3n) is 3.27. The van der Waals surface area contributed by atoms with Crippen LogP contribution in [0.3, 0.4) is 0 Å². The summed E-state index contributed by atoms with van der Waals surface area (Å²) in [5.74, 6) is 0.0929. The molecule has 1 saturated heterocycles. The van der Waals surface area contributed by atoms with E-state index < -0.39 is 0 Å². The van der Waals surface area contributed by atoms with Gasteiger partial charge in [-0.3, -0.25) is 4.79 Å². The van der Waals surface area contributed by atoms with Crippen LogP contribution in [0.1, 0.15) is 28.9 Å². The van der Waals surface area contributed by atoms with Crippen LogP contribution in [-0.2, 0) is 0 Å². The quantitative estimate of drug-likeness (QED) is 0.888. The van der Waals surface area contributed by atoms with Gasteiger partial charge in [0.1, 0.15) is 0 Å². The molecule has 1 aliphatic rings. The number of hydrogen-bond acceptors (Lipinski definition) is 4. The van der Waals surface area contributed by atoms with Crippen LogP contribution in [0.15, 0.2) is 17.5 Å². The molecule has 18 heavy (non-hydrogen) atoms. The summed E-state index contributed by atoms with van der Waals surface area (Å²) in [6, 6.07) is 4.42. The molecule has 1 aliphatic heterocycles. The Balaban J connectivity index is 1.68. The van der Waals surface area contributed by atoms with E-state index in [2.05, 4.69) is 22.1 Å². The number of amides is 1. The Bertz CT molecular complexity index is 509. The Hall–Kier alpha value is -0.910. The lowest BCUT2D eigenvalue weighted by Crippen LogP contribution is -2.34. The first kappa shape index (κ1) is 12.1. The van der Waals surface area contributed by atoms with Crippen LogP contribution < -0.4 is 10.6 Å². The van der Waals surface area contributed by atoms with Gasteiger partial charge in [0.2, 0.25) is 0 Å². The van der Waals surface area contributed by atoms with Crippen molar-refractivity contribution in [3.05, 3.63) is 22.4 Å². The van der Waals surface area contributed by atoms with Gasteiger partial charge in [-0.2, -0.15) is 0 Å². The molecule has 3 rings (SSSR count). The summed E-state index contributed by atoms with van der Waals surface area (Å²) in [5.41, 5.74) is 0. The van der Waals surface area contributed by atoms with E-state index >= 15 is 0 Å². The minimum atomic E-state index is 0.0929. The van der Waals surface area contributed by atoms with Crippen LogP contribution in [0.5, 0.6) is 0 Å². The smallest absolute Gasteiger partial charge is 0.261 e. The molecule has 1 amide bonds. The Morgan fingerprint density at radius 3 is 3.17 bits per heavy atom. The molecule has 3 heterocycles. The van der Waals surface area contributed by atoms with E-state index in [0.717, 1.165) is 37.2 Å². The van der Waals surface area contributed by atoms with Crippen molar-refractivity contribution in [2.75, 3.05) is 13.1 Å². The van der Waals surface area contributed by atoms with Gasteiger partial charge in [-0.05, 0) is 49.9 Å². The number of hydrogen-bond donors (Lipinski definition) is 2. The molecule has 0 bridgehead atoms. The summed E-state index contributed by atoms with van der Waals surface area (Å²) in [5, 5.41) is 8.59. The van der Waals surface area contributed by atoms with Crippen molar-refractivity contribution in [3.63, 3.8) is 0 Å². The lowest BCUT2D eigenvalue weighted by molar-refractivity contribution is 0.0938. The van der Waals surface area contributed by atoms with Crippen LogP contribution in [0.2, 0.25) is 0 Å². The maximum absolute atomic E-state index is 12.2. The summed E-state index contributed by atoms with van der Waals surface area (Å²) in [6.07, 6.45) is 3.26. The van der Waals surface area contributed by atoms with Crippen molar-refractivity contribution in [2.24, 2.45) is 0 Å². The van der Waals surface area contributed by atoms with Crippen LogP contribution >= 0.6 is 22.7 Å². The van der Waals surface area contributed by atoms with Crippen molar-refractivity contribution < 1.29 is 4.79 Å². The van der Waals surface area contributed by atoms with Crippen LogP contribution in [0.4, 0.5) is 0 Å². The van der Waals surface area contributed by atoms with Crippen molar-refractivity contribution in [1.82, 2.24) is 10.6 Å². The van der Waals surface area contributed by atoms with Gasteiger partial charge in [-0.15, -0.1) is 22.7 Å². The van der Waals surface area contributed by atoms with Gasteiger partial charge >= 0.3 is 0 Å². The summed E-state index contributed by atoms with van der Waals surface area (Å²) in [4.78, 5) is 13.0. The number of thiophene rings is 2. The highest BCUT2D eigenvalue weighted by Gasteiger charge is 2.17. The largest absolute Gasteiger partial charge is 0.349 e. The molecule has 0 aromatic carbocycles. The van der Waals surface area contributed by atoms with E-state index in [4.69, 9.17) is 0 Å². The zero-order valence-electron chi connectivity index (χ0n) is 10.1. The molecule has 0 aliphatic carbocycles. The molecule has 96 valence electrons. The molecular weight excluding hydrogens is 264 g/mol. The van der Waals surface area contributed by atoms with Crippen LogP contribution in [0, 0.1) is 0 Å². The van der Waals surface area contributed by atoms with E-state index in [1.807, 2.05) is 6.07 Å². The third-order valence-corrected chi connectivity index (χ3v) is 5.37. The minimum Gasteiger partial charge on any atom is -0.349 e. The van der Waals surface area contributed by atoms with Crippen molar-refractivity contribution >= 4 is 38.0 Å². The van der Waals surface area contributed by atoms with E-state index in [-0.39, 0.29) is 5.91 Å². The lowest BCUT2D eigenvalue weighted by atomic mass is 10.1. The zero-order chi connectivity index (χ0) is 12.4. The summed E-state index contributed by atoms with van der Waals surface area (Å²) >= 11 is 3.28. The molecule has 2 N–H and O–H groups in total. The molecule has 1 atom stereocenters. The monoisotopic (exact) mass is 280 g/mol. The molecule has 3 nitrogen and oxygen atoms in total. The average Bonchev–Trinajstić information content (AvgIpc) is 2.85. The Morgan fingerprint density at radius 2 is 2.28 bits per heavy atom. The number of carbonyl (C=O) groups is 1. The van der Waals surface area contributed by atoms with Gasteiger partial charge in [0.25, 0.3) is 5.91 Å². The molecule has 5 heteroatoms. The van der Waals surface area contributed by atoms with E-state index in [1.54, 1.807) is 22.7 Å². The predicted octanol–water partition coefficient (Wildman–Crippen LogP) is 2.83. The molecule has 1 fully saturated rings. The highest BCUT2D eigenvalue weighted by Crippen LogP contribution is 2.29. The first-order chi connectivity index (χ1) is 8.83. The molecule has 0 radical (unpaired) electrons. The third kappa shape index (κ3) is 2.58. The van der Waals surface area contributed by atoms with E-state index in [0.29, 0.717) is 6.04 Å². The molecule has 2 aromatic heterocycles. The highest BCUT2D eigenvalue weighted by atomic mass is 32.1. The highest BCUT2D eigenvalue weighted by molar-refractivity contribution is 7.27. The topological polar surface area (TPSA) is 41.1 Å². The standard InChI is InChI=1S/C13H16N2OS2/c16-13(15-9-2-1-5-14-6-3-9)12-8-11-10(18-12)4-7-17-11/h4,7-9,14H,1-3,5-6H2,(H,15,16). The summed E-state index contributed by atoms with van der Waals surface area (Å²) < 4.78 is 2.43. The second-order valence-electron chi connectivity index (χ2n) is 4.61. The SMILES string of the molecule is O=C(NC1CCCNCC1)c1cc2sccc2s1. The van der Waals surface area contributed by atoms with Gasteiger partial charge in [0, 0.05) is 15.4 Å². The molecule has 2 aromatic rings. The summed E-state index contributed by atoms with van der Waals surface area (Å²) in [7, 11) is 0. The van der Waals surface area contributed by atoms with Gasteiger partial charge in [-0.1, -0.05) is 0 Å². The molecule has 0 spiro atoms. The Kier molecular flexibility index (Phi) is 3.63. The number of carbonyl (C=O) groups excluding carboxylic acids is 1. The van der Waals surface area contributed by atoms with Crippen molar-refractivity contribution in [2.45, 2.75) is 25.3 Å². The second kappa shape index (κ2) is 5.38. The Morgan fingerprint density at radius 1 is 1.33 bits per heavy atom. The van der Waals surface area contributed by atoms with Crippen molar-refractivity contribution in [1.29, 1.82) is 0 Å². The maximum atomic E-state index is 12.2. The van der Waals surface area contributed by atoms with E-state index in [9.17, 15) is 4.79 Å². The van der Waals surface area contributed by atoms with Gasteiger partial charge in [0.05, 0.1) is 4.88 Å². The first-order valence-corrected chi connectivity index (χ1v) is 8.01. The number of rotatable bonds is 2. The minimum absolute atomic E-state index is 0.0929. The molecule has 0 saturated carbocycles. The van der Waals surface area contributed by atoms with Crippen molar-refractivity contribution in [3.8, 4) is 0 Å². The van der Waals surface area contributed by atoms with E-state index in [1.165, 1.54) is 9.40 Å². The number of fused-ring (bicyclic) bond motifs is 1. The lowest BCUT2D eigenvalue weighted by Gasteiger charge is -2.14. The van der Waals surface area contributed by atoms with Gasteiger partial charge in [0.15, 0.2) is 0 Å². The fraction of sp³-hybridized carbons (Fsp3) is 0.462. The fourth-order valence-corrected chi connectivity index (χ4v) is 4.31. The molecule has 1 unspecified atom stereocenters. The predicted molar refractivity (Wildman–Crippen MR) is 77.7 cm³/mol. The average molecular weight is 280 g/mol. The second-order valence-corrected chi connectivity index (χ2v) is 6.64. The van der Waals surface area contributed by atoms with Gasteiger partial charge < -0.3 is 10.6 Å². The normalized spacial score (nSPS) is 20.8. The summed E-state index contributed by atoms with van der Waals surface area (Å²) in [6.45, 7) is 2.07. The van der Waals surface area contributed by atoms with Gasteiger partial charge in [-0.25, -0.2) is 0 Å². The van der Waals surface area contributed by atoms with Crippen LogP contribution in [-0.4, -0.2) is 25.0 Å². The van der Waals surface area contributed by atoms with Crippen LogP contribution in [0.25, 0.3) is 9.40 Å². The number of nitrogens with one attached hydrogen (secondary N) is 2. The maximum Gasteiger partial charge on any atom is 0.261 e. The fourth-order valence-electron chi connectivity index (χ4n) is 2.30. The zero-order valence-corrected chi connectivity index (χ0v) is 11.7. The molecular formula is C13H16N2OS2. The first-order valence-electron chi connectivity index (χ1n) is 6.31.